The van der Waals surface area contributed by atoms with Crippen LogP contribution in [0.5, 0.6) is 5.75 Å². The number of carboxylic acids is 1. The topological polar surface area (TPSA) is 126 Å². The molecule has 0 spiro atoms. The van der Waals surface area contributed by atoms with Crippen molar-refractivity contribution in [2.45, 2.75) is 25.4 Å². The number of hydrogen-bond donors (Lipinski definition) is 3. The molecule has 2 aliphatic heterocycles. The highest BCUT2D eigenvalue weighted by Gasteiger charge is 2.38. The fourth-order valence-electron chi connectivity index (χ4n) is 3.94. The van der Waals surface area contributed by atoms with Crippen LogP contribution in [0.25, 0.3) is 5.69 Å². The van der Waals surface area contributed by atoms with Gasteiger partial charge in [0.1, 0.15) is 6.61 Å². The number of carbonyl (C=O) groups excluding carboxylic acids is 2. The van der Waals surface area contributed by atoms with Crippen molar-refractivity contribution in [3.05, 3.63) is 54.4 Å². The highest BCUT2D eigenvalue weighted by Crippen LogP contribution is 2.21. The summed E-state index contributed by atoms with van der Waals surface area (Å²) in [4.78, 5) is 36.3. The minimum absolute atomic E-state index is 0.170. The zero-order valence-corrected chi connectivity index (χ0v) is 20.6. The van der Waals surface area contributed by atoms with Gasteiger partial charge in [-0.3, -0.25) is 9.59 Å². The lowest BCUT2D eigenvalue weighted by atomic mass is 9.97. The molecule has 1 fully saturated rings. The zero-order valence-electron chi connectivity index (χ0n) is 20.6. The normalized spacial score (nSPS) is 20.1. The average molecular weight is 538 g/mol. The fraction of sp³-hybridized carbons (Fsp3) is 0.440. The van der Waals surface area contributed by atoms with E-state index in [2.05, 4.69) is 15.7 Å². The molecule has 2 amide bonds. The summed E-state index contributed by atoms with van der Waals surface area (Å²) in [5, 5.41) is 17.9. The minimum Gasteiger partial charge on any atom is -0.485 e. The van der Waals surface area contributed by atoms with E-state index in [4.69, 9.17) is 14.6 Å². The summed E-state index contributed by atoms with van der Waals surface area (Å²) in [5.41, 5.74) is 1.12. The summed E-state index contributed by atoms with van der Waals surface area (Å²) in [6, 6.07) is 9.64. The largest absolute Gasteiger partial charge is 0.490 e. The third-order valence-corrected chi connectivity index (χ3v) is 5.86. The molecule has 0 radical (unpaired) electrons. The van der Waals surface area contributed by atoms with Crippen LogP contribution >= 0.6 is 0 Å². The van der Waals surface area contributed by atoms with Crippen LogP contribution < -0.4 is 15.4 Å². The van der Waals surface area contributed by atoms with Gasteiger partial charge < -0.3 is 25.4 Å². The van der Waals surface area contributed by atoms with Gasteiger partial charge in [0.05, 0.1) is 11.9 Å². The van der Waals surface area contributed by atoms with E-state index in [9.17, 15) is 22.8 Å². The van der Waals surface area contributed by atoms with Crippen LogP contribution in [-0.4, -0.2) is 83.1 Å². The predicted molar refractivity (Wildman–Crippen MR) is 131 cm³/mol. The second kappa shape index (κ2) is 13.6. The number of piperidine rings is 1. The Morgan fingerprint density at radius 2 is 1.89 bits per heavy atom. The van der Waals surface area contributed by atoms with Crippen molar-refractivity contribution >= 4 is 17.8 Å². The number of halogens is 3. The zero-order chi connectivity index (χ0) is 27.5. The Morgan fingerprint density at radius 3 is 2.61 bits per heavy atom. The van der Waals surface area contributed by atoms with E-state index in [1.54, 1.807) is 10.9 Å². The van der Waals surface area contributed by atoms with Crippen molar-refractivity contribution in [3.8, 4) is 11.4 Å². The lowest BCUT2D eigenvalue weighted by Crippen LogP contribution is -2.44. The van der Waals surface area contributed by atoms with E-state index >= 15 is 0 Å². The second-order valence-electron chi connectivity index (χ2n) is 8.72. The molecule has 4 rings (SSSR count). The molecule has 1 saturated heterocycles. The number of amides is 2. The third kappa shape index (κ3) is 8.61. The van der Waals surface area contributed by atoms with Gasteiger partial charge in [-0.1, -0.05) is 30.4 Å². The van der Waals surface area contributed by atoms with Gasteiger partial charge in [-0.05, 0) is 30.9 Å². The van der Waals surface area contributed by atoms with Crippen molar-refractivity contribution in [1.82, 2.24) is 25.3 Å². The lowest BCUT2D eigenvalue weighted by molar-refractivity contribution is -0.192. The van der Waals surface area contributed by atoms with Gasteiger partial charge in [-0.2, -0.15) is 18.3 Å². The lowest BCUT2D eigenvalue weighted by Gasteiger charge is -2.33. The number of alkyl halides is 3. The van der Waals surface area contributed by atoms with Crippen molar-refractivity contribution in [2.75, 3.05) is 39.3 Å². The maximum Gasteiger partial charge on any atom is 0.490 e. The summed E-state index contributed by atoms with van der Waals surface area (Å²) in [6.07, 6.45) is 2.95. The molecule has 2 aliphatic rings. The molecule has 1 aromatic carbocycles. The Morgan fingerprint density at radius 1 is 1.16 bits per heavy atom. The van der Waals surface area contributed by atoms with E-state index in [-0.39, 0.29) is 23.4 Å². The number of nitrogens with one attached hydrogen (secondary N) is 2. The van der Waals surface area contributed by atoms with Gasteiger partial charge in [0.15, 0.2) is 11.4 Å². The van der Waals surface area contributed by atoms with E-state index < -0.39 is 12.1 Å². The molecule has 0 unspecified atom stereocenters. The number of aliphatic carboxylic acids is 1. The van der Waals surface area contributed by atoms with Gasteiger partial charge in [0, 0.05) is 39.1 Å². The second-order valence-corrected chi connectivity index (χ2v) is 8.72. The summed E-state index contributed by atoms with van der Waals surface area (Å²) < 4.78 is 39.3. The predicted octanol–water partition coefficient (Wildman–Crippen LogP) is 2.40. The molecule has 3 N–H and O–H groups in total. The highest BCUT2D eigenvalue weighted by atomic mass is 19.4. The number of rotatable bonds is 1. The molecule has 10 nitrogen and oxygen atoms in total. The number of aromatic nitrogens is 2. The molecule has 2 bridgehead atoms. The minimum atomic E-state index is -5.08. The first-order chi connectivity index (χ1) is 18.1. The SMILES string of the molecule is O=C(O)C(F)(F)F.O=C1NC[C@H]2CCCN(C2)C(=O)CCNC/C=C/COc2cn(-c3ccccc3)nc21. The number of ether oxygens (including phenoxy) is 1. The van der Waals surface area contributed by atoms with Gasteiger partial charge in [-0.15, -0.1) is 0 Å². The van der Waals surface area contributed by atoms with Crippen LogP contribution in [0.4, 0.5) is 13.2 Å². The van der Waals surface area contributed by atoms with Crippen LogP contribution in [0.3, 0.4) is 0 Å². The standard InChI is InChI=1S/C23H29N5O3.C2HF3O2/c29-21-10-12-24-11-4-5-14-31-20-17-28(19-8-2-1-3-9-19)26-22(20)23(30)25-15-18-7-6-13-27(21)16-18;3-2(4,5)1(6)7/h1-5,8-9,17-18,24H,6-7,10-16H2,(H,25,30);(H,6,7)/b5-4+;/t18-;/m1./s1. The maximum absolute atomic E-state index is 12.9. The Balaban J connectivity index is 0.000000505. The Kier molecular flexibility index (Phi) is 10.3. The summed E-state index contributed by atoms with van der Waals surface area (Å²) >= 11 is 0. The van der Waals surface area contributed by atoms with E-state index in [0.29, 0.717) is 45.0 Å². The molecule has 13 heteroatoms. The summed E-state index contributed by atoms with van der Waals surface area (Å²) in [7, 11) is 0. The number of carboxylic acid groups (broad SMARTS) is 1. The van der Waals surface area contributed by atoms with Crippen LogP contribution in [-0.2, 0) is 9.59 Å². The smallest absolute Gasteiger partial charge is 0.485 e. The molecule has 3 heterocycles. The fourth-order valence-corrected chi connectivity index (χ4v) is 3.94. The first kappa shape index (κ1) is 28.7. The molecule has 1 atom stereocenters. The Labute approximate surface area is 217 Å². The van der Waals surface area contributed by atoms with E-state index in [1.165, 1.54) is 0 Å². The molecular formula is C25H30F3N5O5. The van der Waals surface area contributed by atoms with E-state index in [0.717, 1.165) is 25.1 Å². The number of benzene rings is 1. The van der Waals surface area contributed by atoms with Crippen molar-refractivity contribution in [1.29, 1.82) is 0 Å². The average Bonchev–Trinajstić information content (AvgIpc) is 3.33. The summed E-state index contributed by atoms with van der Waals surface area (Å²) in [6.45, 7) is 3.63. The van der Waals surface area contributed by atoms with Gasteiger partial charge in [0.25, 0.3) is 5.91 Å². The monoisotopic (exact) mass is 537 g/mol. The summed E-state index contributed by atoms with van der Waals surface area (Å²) in [5.74, 6) is -2.16. The number of hydrogen-bond acceptors (Lipinski definition) is 6. The Bertz CT molecular complexity index is 1120. The van der Waals surface area contributed by atoms with Gasteiger partial charge in [0.2, 0.25) is 5.91 Å². The van der Waals surface area contributed by atoms with Crippen molar-refractivity contribution < 1.29 is 37.4 Å². The molecule has 0 saturated carbocycles. The van der Waals surface area contributed by atoms with Gasteiger partial charge >= 0.3 is 12.1 Å². The highest BCUT2D eigenvalue weighted by molar-refractivity contribution is 5.95. The van der Waals surface area contributed by atoms with Crippen LogP contribution in [0, 0.1) is 5.92 Å². The first-order valence-corrected chi connectivity index (χ1v) is 12.1. The van der Waals surface area contributed by atoms with Crippen LogP contribution in [0.2, 0.25) is 0 Å². The number of nitrogens with zero attached hydrogens (tertiary/aromatic N) is 3. The molecular weight excluding hydrogens is 507 g/mol. The molecule has 1 aromatic heterocycles. The molecule has 0 aliphatic carbocycles. The van der Waals surface area contributed by atoms with Crippen LogP contribution in [0.15, 0.2) is 48.7 Å². The number of fused-ring (bicyclic) bond motifs is 3. The molecule has 2 aromatic rings. The number of carbonyl (C=O) groups is 3. The molecule has 206 valence electrons. The maximum atomic E-state index is 12.9. The quantitative estimate of drug-likeness (QED) is 0.477. The first-order valence-electron chi connectivity index (χ1n) is 12.1. The van der Waals surface area contributed by atoms with Crippen molar-refractivity contribution in [3.63, 3.8) is 0 Å². The number of para-hydroxylation sites is 1. The third-order valence-electron chi connectivity index (χ3n) is 5.86. The van der Waals surface area contributed by atoms with Gasteiger partial charge in [-0.25, -0.2) is 9.48 Å². The van der Waals surface area contributed by atoms with Crippen LogP contribution in [0.1, 0.15) is 29.8 Å². The Hall–Kier alpha value is -3.87. The molecule has 38 heavy (non-hydrogen) atoms. The van der Waals surface area contributed by atoms with Crippen molar-refractivity contribution in [2.24, 2.45) is 5.92 Å². The van der Waals surface area contributed by atoms with E-state index in [1.807, 2.05) is 47.4 Å².